The summed E-state index contributed by atoms with van der Waals surface area (Å²) in [5, 5.41) is 20.6. The molecule has 8 heteroatoms. The normalized spacial score (nSPS) is 15.0. The van der Waals surface area contributed by atoms with Gasteiger partial charge in [0.15, 0.2) is 0 Å². The number of nitrogens with zero attached hydrogens (tertiary/aromatic N) is 1. The minimum atomic E-state index is -1.29. The number of anilines is 1. The van der Waals surface area contributed by atoms with E-state index in [9.17, 15) is 19.7 Å². The highest BCUT2D eigenvalue weighted by Gasteiger charge is 2.40. The molecule has 0 saturated heterocycles. The highest BCUT2D eigenvalue weighted by molar-refractivity contribution is 6.60. The monoisotopic (exact) mass is 377 g/mol. The maximum Gasteiger partial charge on any atom is 0.491 e. The van der Waals surface area contributed by atoms with Crippen LogP contribution in [0.15, 0.2) is 18.2 Å². The fraction of sp³-hybridized carbons (Fsp3) is 0.579. The second-order valence-electron chi connectivity index (χ2n) is 8.81. The van der Waals surface area contributed by atoms with Gasteiger partial charge in [-0.3, -0.25) is 4.79 Å². The first-order chi connectivity index (χ1) is 12.1. The molecular formula is C19H28BNO6. The minimum absolute atomic E-state index is 0.0318. The van der Waals surface area contributed by atoms with Crippen LogP contribution >= 0.6 is 0 Å². The lowest BCUT2D eigenvalue weighted by Crippen LogP contribution is -2.53. The van der Waals surface area contributed by atoms with Crippen LogP contribution in [0.1, 0.15) is 54.0 Å². The predicted octanol–water partition coefficient (Wildman–Crippen LogP) is 1.76. The third-order valence-electron chi connectivity index (χ3n) is 4.68. The molecular weight excluding hydrogens is 349 g/mol. The molecule has 0 aliphatic carbocycles. The number of ether oxygens (including phenoxy) is 1. The summed E-state index contributed by atoms with van der Waals surface area (Å²) in [4.78, 5) is 25.6. The Kier molecular flexibility index (Phi) is 5.49. The van der Waals surface area contributed by atoms with Gasteiger partial charge in [0.2, 0.25) is 5.91 Å². The lowest BCUT2D eigenvalue weighted by atomic mass is 9.76. The number of benzene rings is 1. The van der Waals surface area contributed by atoms with Crippen molar-refractivity contribution in [1.29, 1.82) is 0 Å². The van der Waals surface area contributed by atoms with Crippen LogP contribution < -0.4 is 10.4 Å². The molecule has 0 unspecified atom stereocenters. The molecule has 27 heavy (non-hydrogen) atoms. The summed E-state index contributed by atoms with van der Waals surface area (Å²) in [6.07, 6.45) is -0.691. The summed E-state index contributed by atoms with van der Waals surface area (Å²) >= 11 is 0. The maximum atomic E-state index is 12.3. The van der Waals surface area contributed by atoms with E-state index in [2.05, 4.69) is 0 Å². The zero-order chi connectivity index (χ0) is 20.8. The van der Waals surface area contributed by atoms with Crippen molar-refractivity contribution in [2.24, 2.45) is 0 Å². The van der Waals surface area contributed by atoms with E-state index in [0.717, 1.165) is 4.90 Å². The van der Waals surface area contributed by atoms with Crippen molar-refractivity contribution in [3.8, 4) is 0 Å². The molecule has 0 fully saturated rings. The van der Waals surface area contributed by atoms with Gasteiger partial charge in [0.25, 0.3) is 0 Å². The molecule has 0 bridgehead atoms. The molecule has 148 valence electrons. The van der Waals surface area contributed by atoms with Crippen LogP contribution in [0.4, 0.5) is 10.5 Å². The number of hydrogen-bond acceptors (Lipinski definition) is 6. The Hall–Kier alpha value is -1.90. The lowest BCUT2D eigenvalue weighted by Gasteiger charge is -2.38. The topological polar surface area (TPSA) is 96.3 Å². The molecule has 2 rings (SSSR count). The van der Waals surface area contributed by atoms with Crippen LogP contribution in [0.2, 0.25) is 0 Å². The van der Waals surface area contributed by atoms with Crippen LogP contribution in [0.25, 0.3) is 0 Å². The summed E-state index contributed by atoms with van der Waals surface area (Å²) < 4.78 is 10.9. The second kappa shape index (κ2) is 6.93. The zero-order valence-electron chi connectivity index (χ0n) is 17.0. The number of amides is 2. The Morgan fingerprint density at radius 3 is 2.26 bits per heavy atom. The molecule has 0 atom stereocenters. The first kappa shape index (κ1) is 21.4. The fourth-order valence-corrected chi connectivity index (χ4v) is 2.49. The summed E-state index contributed by atoms with van der Waals surface area (Å²) in [6, 6.07) is 4.80. The predicted molar refractivity (Wildman–Crippen MR) is 103 cm³/mol. The van der Waals surface area contributed by atoms with E-state index in [-0.39, 0.29) is 12.3 Å². The van der Waals surface area contributed by atoms with Gasteiger partial charge in [0, 0.05) is 0 Å². The molecule has 1 aliphatic rings. The standard InChI is InChI=1S/C19H28BNO6/c1-17(2,3)26-16(23)21-14-9-8-13(10-12(14)11-15(21)22)20(25)27-19(6,7)18(4,5)24/h8-10,24-25H,11H2,1-7H3. The average molecular weight is 377 g/mol. The summed E-state index contributed by atoms with van der Waals surface area (Å²) in [6.45, 7) is 11.7. The quantitative estimate of drug-likeness (QED) is 0.777. The van der Waals surface area contributed by atoms with Crippen LogP contribution in [0.3, 0.4) is 0 Å². The van der Waals surface area contributed by atoms with Crippen molar-refractivity contribution in [3.05, 3.63) is 23.8 Å². The second-order valence-corrected chi connectivity index (χ2v) is 8.81. The van der Waals surface area contributed by atoms with E-state index in [1.165, 1.54) is 0 Å². The van der Waals surface area contributed by atoms with Crippen LogP contribution in [0.5, 0.6) is 0 Å². The molecule has 2 amide bonds. The average Bonchev–Trinajstić information content (AvgIpc) is 2.78. The molecule has 0 aromatic heterocycles. The SMILES string of the molecule is CC(C)(C)OC(=O)N1C(=O)Cc2cc(B(O)OC(C)(C)C(C)(C)O)ccc21. The van der Waals surface area contributed by atoms with Gasteiger partial charge in [-0.2, -0.15) is 0 Å². The van der Waals surface area contributed by atoms with Gasteiger partial charge in [-0.1, -0.05) is 12.1 Å². The smallest absolute Gasteiger partial charge is 0.443 e. The third kappa shape index (κ3) is 4.69. The van der Waals surface area contributed by atoms with Gasteiger partial charge in [0.05, 0.1) is 23.3 Å². The van der Waals surface area contributed by atoms with Gasteiger partial charge in [-0.05, 0) is 65.6 Å². The van der Waals surface area contributed by atoms with Gasteiger partial charge in [0.1, 0.15) is 5.60 Å². The number of fused-ring (bicyclic) bond motifs is 1. The Balaban J connectivity index is 2.24. The number of carbonyl (C=O) groups is 2. The van der Waals surface area contributed by atoms with Crippen molar-refractivity contribution in [3.63, 3.8) is 0 Å². The maximum absolute atomic E-state index is 12.3. The lowest BCUT2D eigenvalue weighted by molar-refractivity contribution is -0.117. The Labute approximate surface area is 160 Å². The first-order valence-corrected chi connectivity index (χ1v) is 8.89. The fourth-order valence-electron chi connectivity index (χ4n) is 2.49. The van der Waals surface area contributed by atoms with Crippen molar-refractivity contribution < 1.29 is 29.1 Å². The molecule has 1 aromatic rings. The van der Waals surface area contributed by atoms with Crippen LogP contribution in [0, 0.1) is 0 Å². The van der Waals surface area contributed by atoms with Gasteiger partial charge in [-0.15, -0.1) is 0 Å². The minimum Gasteiger partial charge on any atom is -0.443 e. The number of aliphatic hydroxyl groups is 1. The largest absolute Gasteiger partial charge is 0.491 e. The van der Waals surface area contributed by atoms with E-state index in [1.807, 2.05) is 0 Å². The van der Waals surface area contributed by atoms with E-state index < -0.39 is 30.0 Å². The van der Waals surface area contributed by atoms with Crippen molar-refractivity contribution in [2.45, 2.75) is 71.7 Å². The molecule has 0 saturated carbocycles. The molecule has 0 spiro atoms. The number of carbonyl (C=O) groups excluding carboxylic acids is 2. The molecule has 1 aliphatic heterocycles. The molecule has 1 aromatic carbocycles. The molecule has 0 radical (unpaired) electrons. The highest BCUT2D eigenvalue weighted by Crippen LogP contribution is 2.30. The van der Waals surface area contributed by atoms with Gasteiger partial charge in [-0.25, -0.2) is 9.69 Å². The van der Waals surface area contributed by atoms with Gasteiger partial charge < -0.3 is 19.5 Å². The van der Waals surface area contributed by atoms with Crippen LogP contribution in [-0.4, -0.2) is 46.1 Å². The molecule has 7 nitrogen and oxygen atoms in total. The summed E-state index contributed by atoms with van der Waals surface area (Å²) in [7, 11) is -1.29. The number of rotatable bonds is 4. The number of imide groups is 1. The Morgan fingerprint density at radius 1 is 1.15 bits per heavy atom. The van der Waals surface area contributed by atoms with Crippen molar-refractivity contribution in [1.82, 2.24) is 0 Å². The van der Waals surface area contributed by atoms with E-state index in [1.54, 1.807) is 66.7 Å². The van der Waals surface area contributed by atoms with E-state index in [4.69, 9.17) is 9.39 Å². The van der Waals surface area contributed by atoms with E-state index in [0.29, 0.717) is 16.7 Å². The molecule has 2 N–H and O–H groups in total. The van der Waals surface area contributed by atoms with Crippen molar-refractivity contribution >= 4 is 30.3 Å². The van der Waals surface area contributed by atoms with Crippen LogP contribution in [-0.2, 0) is 20.6 Å². The third-order valence-corrected chi connectivity index (χ3v) is 4.68. The molecule has 1 heterocycles. The van der Waals surface area contributed by atoms with Gasteiger partial charge >= 0.3 is 13.2 Å². The zero-order valence-corrected chi connectivity index (χ0v) is 17.0. The summed E-state index contributed by atoms with van der Waals surface area (Å²) in [5.41, 5.74) is -1.42. The Morgan fingerprint density at radius 2 is 1.74 bits per heavy atom. The Bertz CT molecular complexity index is 748. The number of hydrogen-bond donors (Lipinski definition) is 2. The van der Waals surface area contributed by atoms with Crippen molar-refractivity contribution in [2.75, 3.05) is 4.90 Å². The highest BCUT2D eigenvalue weighted by atomic mass is 16.6. The first-order valence-electron chi connectivity index (χ1n) is 8.89. The van der Waals surface area contributed by atoms with E-state index >= 15 is 0 Å². The summed E-state index contributed by atoms with van der Waals surface area (Å²) in [5.74, 6) is -0.386.